The van der Waals surface area contributed by atoms with E-state index in [0.29, 0.717) is 6.07 Å². The molecule has 15 heavy (non-hydrogen) atoms. The number of nitro benzene ring substituents is 1. The van der Waals surface area contributed by atoms with Crippen LogP contribution in [0.1, 0.15) is 18.4 Å². The molecule has 1 aromatic rings. The van der Waals surface area contributed by atoms with Crippen molar-refractivity contribution in [1.82, 2.24) is 0 Å². The van der Waals surface area contributed by atoms with Crippen molar-refractivity contribution in [2.24, 2.45) is 0 Å². The number of benzene rings is 1. The summed E-state index contributed by atoms with van der Waals surface area (Å²) in [5.74, 6) is -0.805. The Labute approximate surface area is 84.9 Å². The second-order valence-electron chi connectivity index (χ2n) is 2.97. The van der Waals surface area contributed by atoms with Crippen LogP contribution in [0.4, 0.5) is 14.5 Å². The summed E-state index contributed by atoms with van der Waals surface area (Å²) in [6.07, 6.45) is 5.07. The minimum absolute atomic E-state index is 0.00130. The van der Waals surface area contributed by atoms with Crippen LogP contribution in [0, 0.1) is 34.1 Å². The van der Waals surface area contributed by atoms with Crippen LogP contribution in [-0.2, 0) is 0 Å². The average Bonchev–Trinajstić information content (AvgIpc) is 2.20. The number of hydrogen-bond donors (Lipinski definition) is 0. The molecule has 1 atom stereocenters. The Morgan fingerprint density at radius 2 is 2.00 bits per heavy atom. The Hall–Kier alpha value is -1.96. The molecule has 0 saturated heterocycles. The summed E-state index contributed by atoms with van der Waals surface area (Å²) in [6.45, 7) is 1.50. The summed E-state index contributed by atoms with van der Waals surface area (Å²) in [5.41, 5.74) is -0.499. The fraction of sp³-hybridized carbons (Fsp3) is 0.200. The zero-order valence-corrected chi connectivity index (χ0v) is 7.83. The summed E-state index contributed by atoms with van der Waals surface area (Å²) in [6, 6.07) is 1.30. The maximum absolute atomic E-state index is 12.9. The monoisotopic (exact) mass is 211 g/mol. The molecular weight excluding hydrogens is 204 g/mol. The van der Waals surface area contributed by atoms with Crippen molar-refractivity contribution in [1.29, 1.82) is 0 Å². The standard InChI is InChI=1S/C10H7F2NO2/c1-3-6(2)7-4-8(11)9(12)5-10(7)13(14)15/h1,4-6H,2H3. The molecule has 0 aromatic heterocycles. The Balaban J connectivity index is 3.43. The van der Waals surface area contributed by atoms with Gasteiger partial charge in [0.25, 0.3) is 5.69 Å². The predicted molar refractivity (Wildman–Crippen MR) is 50.3 cm³/mol. The number of halogens is 2. The molecule has 5 heteroatoms. The lowest BCUT2D eigenvalue weighted by Crippen LogP contribution is -2.01. The van der Waals surface area contributed by atoms with Crippen molar-refractivity contribution < 1.29 is 13.7 Å². The smallest absolute Gasteiger partial charge is 0.258 e. The third-order valence-corrected chi connectivity index (χ3v) is 1.98. The van der Waals surface area contributed by atoms with Gasteiger partial charge in [-0.2, -0.15) is 0 Å². The molecule has 0 aliphatic heterocycles. The van der Waals surface area contributed by atoms with E-state index in [4.69, 9.17) is 6.42 Å². The van der Waals surface area contributed by atoms with Gasteiger partial charge in [0, 0.05) is 11.5 Å². The molecule has 0 aliphatic carbocycles. The Morgan fingerprint density at radius 1 is 1.47 bits per heavy atom. The maximum Gasteiger partial charge on any atom is 0.276 e. The second kappa shape index (κ2) is 4.05. The quantitative estimate of drug-likeness (QED) is 0.428. The first-order valence-electron chi connectivity index (χ1n) is 4.06. The summed E-state index contributed by atoms with van der Waals surface area (Å²) in [5, 5.41) is 10.6. The van der Waals surface area contributed by atoms with Crippen molar-refractivity contribution in [3.05, 3.63) is 39.4 Å². The van der Waals surface area contributed by atoms with Gasteiger partial charge in [-0.15, -0.1) is 6.42 Å². The van der Waals surface area contributed by atoms with E-state index in [2.05, 4.69) is 5.92 Å². The first kappa shape index (κ1) is 11.1. The number of nitro groups is 1. The highest BCUT2D eigenvalue weighted by atomic mass is 19.2. The molecule has 1 rings (SSSR count). The van der Waals surface area contributed by atoms with E-state index >= 15 is 0 Å². The van der Waals surface area contributed by atoms with Gasteiger partial charge in [0.2, 0.25) is 0 Å². The zero-order chi connectivity index (χ0) is 11.6. The van der Waals surface area contributed by atoms with E-state index in [9.17, 15) is 18.9 Å². The van der Waals surface area contributed by atoms with E-state index < -0.39 is 28.2 Å². The third kappa shape index (κ3) is 2.10. The number of rotatable bonds is 2. The van der Waals surface area contributed by atoms with E-state index in [-0.39, 0.29) is 5.56 Å². The minimum Gasteiger partial charge on any atom is -0.258 e. The van der Waals surface area contributed by atoms with E-state index in [1.807, 2.05) is 0 Å². The SMILES string of the molecule is C#CC(C)c1cc(F)c(F)cc1[N+](=O)[O-]. The van der Waals surface area contributed by atoms with Gasteiger partial charge in [-0.25, -0.2) is 8.78 Å². The van der Waals surface area contributed by atoms with Crippen LogP contribution in [0.2, 0.25) is 0 Å². The van der Waals surface area contributed by atoms with Gasteiger partial charge in [-0.05, 0) is 13.0 Å². The maximum atomic E-state index is 12.9. The van der Waals surface area contributed by atoms with Crippen LogP contribution in [0.15, 0.2) is 12.1 Å². The zero-order valence-electron chi connectivity index (χ0n) is 7.83. The van der Waals surface area contributed by atoms with E-state index in [1.54, 1.807) is 0 Å². The molecule has 1 aromatic carbocycles. The lowest BCUT2D eigenvalue weighted by atomic mass is 10.00. The molecule has 78 valence electrons. The largest absolute Gasteiger partial charge is 0.276 e. The summed E-state index contributed by atoms with van der Waals surface area (Å²) in [7, 11) is 0. The van der Waals surface area contributed by atoms with Gasteiger partial charge >= 0.3 is 0 Å². The molecule has 0 aliphatic rings. The van der Waals surface area contributed by atoms with Crippen LogP contribution < -0.4 is 0 Å². The first-order valence-corrected chi connectivity index (χ1v) is 4.06. The molecule has 0 spiro atoms. The Kier molecular flexibility index (Phi) is 3.00. The van der Waals surface area contributed by atoms with Crippen LogP contribution >= 0.6 is 0 Å². The first-order chi connectivity index (χ1) is 6.97. The molecule has 0 amide bonds. The number of hydrogen-bond acceptors (Lipinski definition) is 2. The molecule has 0 N–H and O–H groups in total. The second-order valence-corrected chi connectivity index (χ2v) is 2.97. The normalized spacial score (nSPS) is 11.9. The van der Waals surface area contributed by atoms with Crippen molar-refractivity contribution in [3.63, 3.8) is 0 Å². The lowest BCUT2D eigenvalue weighted by Gasteiger charge is -2.06. The number of terminal acetylenes is 1. The number of nitrogens with zero attached hydrogens (tertiary/aromatic N) is 1. The summed E-state index contributed by atoms with van der Waals surface area (Å²) >= 11 is 0. The van der Waals surface area contributed by atoms with Gasteiger partial charge in [-0.1, -0.05) is 5.92 Å². The highest BCUT2D eigenvalue weighted by molar-refractivity contribution is 5.45. The van der Waals surface area contributed by atoms with E-state index in [0.717, 1.165) is 6.07 Å². The summed E-state index contributed by atoms with van der Waals surface area (Å²) < 4.78 is 25.6. The molecular formula is C10H7F2NO2. The highest BCUT2D eigenvalue weighted by Gasteiger charge is 2.21. The molecule has 0 radical (unpaired) electrons. The summed E-state index contributed by atoms with van der Waals surface area (Å²) in [4.78, 5) is 9.77. The van der Waals surface area contributed by atoms with Gasteiger partial charge in [-0.3, -0.25) is 10.1 Å². The van der Waals surface area contributed by atoms with Gasteiger partial charge in [0.15, 0.2) is 11.6 Å². The van der Waals surface area contributed by atoms with Crippen LogP contribution in [-0.4, -0.2) is 4.92 Å². The van der Waals surface area contributed by atoms with Crippen LogP contribution in [0.3, 0.4) is 0 Å². The molecule has 0 heterocycles. The molecule has 0 fully saturated rings. The lowest BCUT2D eigenvalue weighted by molar-refractivity contribution is -0.385. The molecule has 3 nitrogen and oxygen atoms in total. The minimum atomic E-state index is -1.25. The van der Waals surface area contributed by atoms with E-state index in [1.165, 1.54) is 6.92 Å². The molecule has 0 saturated carbocycles. The van der Waals surface area contributed by atoms with Crippen molar-refractivity contribution in [2.75, 3.05) is 0 Å². The highest BCUT2D eigenvalue weighted by Crippen LogP contribution is 2.28. The van der Waals surface area contributed by atoms with Gasteiger partial charge < -0.3 is 0 Å². The van der Waals surface area contributed by atoms with Crippen molar-refractivity contribution >= 4 is 5.69 Å². The van der Waals surface area contributed by atoms with Crippen LogP contribution in [0.25, 0.3) is 0 Å². The van der Waals surface area contributed by atoms with Crippen molar-refractivity contribution in [2.45, 2.75) is 12.8 Å². The average molecular weight is 211 g/mol. The fourth-order valence-corrected chi connectivity index (χ4v) is 1.15. The molecule has 0 bridgehead atoms. The van der Waals surface area contributed by atoms with Gasteiger partial charge in [0.05, 0.1) is 11.0 Å². The predicted octanol–water partition coefficient (Wildman–Crippen LogP) is 2.61. The Bertz CT molecular complexity index is 451. The third-order valence-electron chi connectivity index (χ3n) is 1.98. The fourth-order valence-electron chi connectivity index (χ4n) is 1.15. The topological polar surface area (TPSA) is 43.1 Å². The van der Waals surface area contributed by atoms with Gasteiger partial charge in [0.1, 0.15) is 0 Å². The molecule has 1 unspecified atom stereocenters. The van der Waals surface area contributed by atoms with Crippen molar-refractivity contribution in [3.8, 4) is 12.3 Å². The van der Waals surface area contributed by atoms with Crippen LogP contribution in [0.5, 0.6) is 0 Å². The Morgan fingerprint density at radius 3 is 2.47 bits per heavy atom.